The maximum Gasteiger partial charge on any atom is 0.242 e. The summed E-state index contributed by atoms with van der Waals surface area (Å²) in [5, 5.41) is 3.49. The van der Waals surface area contributed by atoms with Crippen LogP contribution in [0.3, 0.4) is 0 Å². The topological polar surface area (TPSA) is 73.1 Å². The number of hydrogen-bond donors (Lipinski definition) is 2. The standard InChI is InChI=1S/C15H24N4O/c1-2-9-20-15-12(16)14(17-11-5-3-4-6-11)18-13(19-15)10-7-8-10/h10-11H,2-9,16H2,1H3,(H,17,18,19). The van der Waals surface area contributed by atoms with E-state index in [-0.39, 0.29) is 0 Å². The second-order valence-corrected chi connectivity index (χ2v) is 5.90. The summed E-state index contributed by atoms with van der Waals surface area (Å²) < 4.78 is 5.69. The number of nitrogens with one attached hydrogen (secondary N) is 1. The number of nitrogens with zero attached hydrogens (tertiary/aromatic N) is 2. The van der Waals surface area contributed by atoms with E-state index in [0.29, 0.717) is 30.1 Å². The molecule has 20 heavy (non-hydrogen) atoms. The Morgan fingerprint density at radius 3 is 2.60 bits per heavy atom. The molecule has 1 aromatic rings. The molecule has 3 rings (SSSR count). The van der Waals surface area contributed by atoms with Crippen molar-refractivity contribution >= 4 is 11.5 Å². The molecule has 0 spiro atoms. The minimum atomic E-state index is 0.498. The molecular weight excluding hydrogens is 252 g/mol. The summed E-state index contributed by atoms with van der Waals surface area (Å²) in [5.41, 5.74) is 6.74. The fraction of sp³-hybridized carbons (Fsp3) is 0.733. The molecule has 0 aromatic carbocycles. The Hall–Kier alpha value is -1.52. The van der Waals surface area contributed by atoms with E-state index >= 15 is 0 Å². The molecule has 5 nitrogen and oxygen atoms in total. The van der Waals surface area contributed by atoms with Gasteiger partial charge in [-0.1, -0.05) is 19.8 Å². The van der Waals surface area contributed by atoms with Crippen LogP contribution in [0.15, 0.2) is 0 Å². The highest BCUT2D eigenvalue weighted by molar-refractivity contribution is 5.67. The zero-order valence-electron chi connectivity index (χ0n) is 12.2. The predicted octanol–water partition coefficient (Wildman–Crippen LogP) is 3.08. The zero-order chi connectivity index (χ0) is 13.9. The van der Waals surface area contributed by atoms with Gasteiger partial charge in [0, 0.05) is 12.0 Å². The van der Waals surface area contributed by atoms with Crippen LogP contribution in [0.25, 0.3) is 0 Å². The van der Waals surface area contributed by atoms with Gasteiger partial charge in [0.15, 0.2) is 5.82 Å². The number of aromatic nitrogens is 2. The molecule has 2 saturated carbocycles. The van der Waals surface area contributed by atoms with E-state index in [1.165, 1.54) is 38.5 Å². The molecule has 2 fully saturated rings. The molecule has 0 aliphatic heterocycles. The predicted molar refractivity (Wildman–Crippen MR) is 80.1 cm³/mol. The van der Waals surface area contributed by atoms with Crippen LogP contribution in [0.4, 0.5) is 11.5 Å². The minimum Gasteiger partial charge on any atom is -0.476 e. The minimum absolute atomic E-state index is 0.498. The number of anilines is 2. The van der Waals surface area contributed by atoms with Crippen LogP contribution in [0, 0.1) is 0 Å². The third-order valence-electron chi connectivity index (χ3n) is 4.01. The van der Waals surface area contributed by atoms with Crippen LogP contribution in [-0.4, -0.2) is 22.6 Å². The Bertz CT molecular complexity index is 467. The molecule has 0 radical (unpaired) electrons. The number of hydrogen-bond acceptors (Lipinski definition) is 5. The first kappa shape index (κ1) is 13.5. The van der Waals surface area contributed by atoms with Crippen LogP contribution in [0.5, 0.6) is 5.88 Å². The molecule has 0 atom stereocenters. The monoisotopic (exact) mass is 276 g/mol. The maximum atomic E-state index is 6.18. The van der Waals surface area contributed by atoms with Crippen molar-refractivity contribution in [3.8, 4) is 5.88 Å². The van der Waals surface area contributed by atoms with Gasteiger partial charge in [-0.15, -0.1) is 0 Å². The van der Waals surface area contributed by atoms with E-state index in [9.17, 15) is 0 Å². The smallest absolute Gasteiger partial charge is 0.242 e. The van der Waals surface area contributed by atoms with Crippen LogP contribution >= 0.6 is 0 Å². The molecule has 0 unspecified atom stereocenters. The fourth-order valence-corrected chi connectivity index (χ4v) is 2.67. The lowest BCUT2D eigenvalue weighted by Gasteiger charge is -2.17. The Morgan fingerprint density at radius 2 is 1.95 bits per heavy atom. The lowest BCUT2D eigenvalue weighted by atomic mass is 10.2. The molecular formula is C15H24N4O. The van der Waals surface area contributed by atoms with Crippen LogP contribution in [-0.2, 0) is 0 Å². The first-order valence-electron chi connectivity index (χ1n) is 7.84. The van der Waals surface area contributed by atoms with Crippen molar-refractivity contribution in [1.82, 2.24) is 9.97 Å². The van der Waals surface area contributed by atoms with Gasteiger partial charge in [0.05, 0.1) is 6.61 Å². The number of rotatable bonds is 6. The second kappa shape index (κ2) is 5.85. The van der Waals surface area contributed by atoms with E-state index in [1.54, 1.807) is 0 Å². The van der Waals surface area contributed by atoms with Crippen molar-refractivity contribution in [2.75, 3.05) is 17.7 Å². The molecule has 110 valence electrons. The number of nitrogens with two attached hydrogens (primary N) is 1. The SMILES string of the molecule is CCCOc1nc(C2CC2)nc(NC2CCCC2)c1N. The van der Waals surface area contributed by atoms with E-state index in [2.05, 4.69) is 22.2 Å². The van der Waals surface area contributed by atoms with Gasteiger partial charge in [0.1, 0.15) is 11.5 Å². The molecule has 2 aliphatic rings. The highest BCUT2D eigenvalue weighted by atomic mass is 16.5. The third-order valence-corrected chi connectivity index (χ3v) is 4.01. The van der Waals surface area contributed by atoms with Crippen molar-refractivity contribution < 1.29 is 4.74 Å². The Labute approximate surface area is 120 Å². The van der Waals surface area contributed by atoms with E-state index in [0.717, 1.165) is 18.1 Å². The molecule has 2 aliphatic carbocycles. The Balaban J connectivity index is 1.83. The average molecular weight is 276 g/mol. The maximum absolute atomic E-state index is 6.18. The summed E-state index contributed by atoms with van der Waals surface area (Å²) >= 11 is 0. The van der Waals surface area contributed by atoms with Gasteiger partial charge in [-0.3, -0.25) is 0 Å². The van der Waals surface area contributed by atoms with Crippen molar-refractivity contribution in [1.29, 1.82) is 0 Å². The Morgan fingerprint density at radius 1 is 1.20 bits per heavy atom. The lowest BCUT2D eigenvalue weighted by molar-refractivity contribution is 0.305. The summed E-state index contributed by atoms with van der Waals surface area (Å²) in [6.45, 7) is 2.73. The number of ether oxygens (including phenoxy) is 1. The third kappa shape index (κ3) is 2.97. The highest BCUT2D eigenvalue weighted by Gasteiger charge is 2.29. The zero-order valence-corrected chi connectivity index (χ0v) is 12.2. The summed E-state index contributed by atoms with van der Waals surface area (Å²) in [6, 6.07) is 0.498. The van der Waals surface area contributed by atoms with Crippen molar-refractivity contribution in [3.63, 3.8) is 0 Å². The second-order valence-electron chi connectivity index (χ2n) is 5.90. The van der Waals surface area contributed by atoms with Gasteiger partial charge in [0.25, 0.3) is 0 Å². The molecule has 5 heteroatoms. The average Bonchev–Trinajstić information content (AvgIpc) is 3.18. The fourth-order valence-electron chi connectivity index (χ4n) is 2.67. The largest absolute Gasteiger partial charge is 0.476 e. The van der Waals surface area contributed by atoms with Crippen LogP contribution in [0.1, 0.15) is 63.6 Å². The molecule has 0 amide bonds. The van der Waals surface area contributed by atoms with Crippen LogP contribution in [0.2, 0.25) is 0 Å². The first-order chi connectivity index (χ1) is 9.78. The summed E-state index contributed by atoms with van der Waals surface area (Å²) in [5.74, 6) is 2.73. The Kier molecular flexibility index (Phi) is 3.94. The van der Waals surface area contributed by atoms with Crippen molar-refractivity contribution in [2.24, 2.45) is 0 Å². The normalized spacial score (nSPS) is 19.2. The highest BCUT2D eigenvalue weighted by Crippen LogP contribution is 2.41. The molecule has 1 aromatic heterocycles. The van der Waals surface area contributed by atoms with E-state index in [1.807, 2.05) is 0 Å². The van der Waals surface area contributed by atoms with E-state index < -0.39 is 0 Å². The van der Waals surface area contributed by atoms with Gasteiger partial charge in [-0.05, 0) is 32.1 Å². The van der Waals surface area contributed by atoms with Gasteiger partial charge in [-0.2, -0.15) is 4.98 Å². The lowest BCUT2D eigenvalue weighted by Crippen LogP contribution is -2.18. The first-order valence-corrected chi connectivity index (χ1v) is 7.84. The quantitative estimate of drug-likeness (QED) is 0.835. The molecule has 0 bridgehead atoms. The van der Waals surface area contributed by atoms with E-state index in [4.69, 9.17) is 10.5 Å². The van der Waals surface area contributed by atoms with Crippen LogP contribution < -0.4 is 15.8 Å². The van der Waals surface area contributed by atoms with Gasteiger partial charge in [0.2, 0.25) is 5.88 Å². The van der Waals surface area contributed by atoms with Gasteiger partial charge in [-0.25, -0.2) is 4.98 Å². The molecule has 1 heterocycles. The van der Waals surface area contributed by atoms with Gasteiger partial charge >= 0.3 is 0 Å². The van der Waals surface area contributed by atoms with Crippen molar-refractivity contribution in [3.05, 3.63) is 5.82 Å². The summed E-state index contributed by atoms with van der Waals surface area (Å²) in [6.07, 6.45) is 8.29. The molecule has 0 saturated heterocycles. The summed E-state index contributed by atoms with van der Waals surface area (Å²) in [7, 11) is 0. The number of nitrogen functional groups attached to an aromatic ring is 1. The summed E-state index contributed by atoms with van der Waals surface area (Å²) in [4.78, 5) is 9.15. The van der Waals surface area contributed by atoms with Crippen molar-refractivity contribution in [2.45, 2.75) is 63.8 Å². The molecule has 3 N–H and O–H groups in total. The van der Waals surface area contributed by atoms with Gasteiger partial charge < -0.3 is 15.8 Å².